The summed E-state index contributed by atoms with van der Waals surface area (Å²) in [6.07, 6.45) is -5.62. The van der Waals surface area contributed by atoms with Crippen LogP contribution in [0.4, 0.5) is 19.0 Å². The molecule has 1 aliphatic rings. The standard InChI is InChI=1S/C22H17F3N4O4/c23-22(24,25)21(28-15(30)12-11-13-7-3-1-4-8-13)16-17(26-19(21)32)29(20(33)27-18(16)31)14-9-5-2-6-10-14/h1-10H,11-12H2,(H,26,32)(H,28,30)(H,27,31,33)/t21-/m0/s1. The highest BCUT2D eigenvalue weighted by molar-refractivity contribution is 6.07. The summed E-state index contributed by atoms with van der Waals surface area (Å²) in [6.45, 7) is 0. The molecule has 0 aliphatic carbocycles. The van der Waals surface area contributed by atoms with E-state index in [-0.39, 0.29) is 18.5 Å². The van der Waals surface area contributed by atoms with Crippen LogP contribution in [0.25, 0.3) is 5.69 Å². The Labute approximate surface area is 184 Å². The van der Waals surface area contributed by atoms with Gasteiger partial charge in [0.2, 0.25) is 11.4 Å². The molecule has 0 unspecified atom stereocenters. The zero-order chi connectivity index (χ0) is 23.8. The van der Waals surface area contributed by atoms with Crippen molar-refractivity contribution < 1.29 is 22.8 Å². The van der Waals surface area contributed by atoms with Gasteiger partial charge >= 0.3 is 11.9 Å². The van der Waals surface area contributed by atoms with Crippen LogP contribution < -0.4 is 21.9 Å². The zero-order valence-electron chi connectivity index (χ0n) is 16.9. The van der Waals surface area contributed by atoms with E-state index in [1.807, 2.05) is 10.3 Å². The number of carbonyl (C=O) groups is 2. The average molecular weight is 458 g/mol. The van der Waals surface area contributed by atoms with Crippen LogP contribution in [0.15, 0.2) is 70.3 Å². The summed E-state index contributed by atoms with van der Waals surface area (Å²) in [5.41, 5.74) is -6.41. The fraction of sp³-hybridized carbons (Fsp3) is 0.182. The first kappa shape index (κ1) is 22.1. The van der Waals surface area contributed by atoms with Gasteiger partial charge in [0, 0.05) is 6.42 Å². The molecule has 170 valence electrons. The summed E-state index contributed by atoms with van der Waals surface area (Å²) < 4.78 is 43.9. The van der Waals surface area contributed by atoms with Gasteiger partial charge in [-0.2, -0.15) is 13.2 Å². The second-order valence-corrected chi connectivity index (χ2v) is 7.39. The predicted molar refractivity (Wildman–Crippen MR) is 112 cm³/mol. The molecule has 11 heteroatoms. The van der Waals surface area contributed by atoms with E-state index >= 15 is 0 Å². The number of aromatic amines is 1. The summed E-state index contributed by atoms with van der Waals surface area (Å²) in [5, 5.41) is 3.73. The van der Waals surface area contributed by atoms with E-state index in [9.17, 15) is 32.3 Å². The van der Waals surface area contributed by atoms with Crippen molar-refractivity contribution in [3.8, 4) is 5.69 Å². The molecule has 2 amide bonds. The predicted octanol–water partition coefficient (Wildman–Crippen LogP) is 1.98. The van der Waals surface area contributed by atoms with Gasteiger partial charge in [-0.3, -0.25) is 19.4 Å². The molecule has 2 aromatic carbocycles. The van der Waals surface area contributed by atoms with Crippen LogP contribution in [0, 0.1) is 0 Å². The maximum Gasteiger partial charge on any atom is 0.425 e. The minimum Gasteiger partial charge on any atom is -0.330 e. The van der Waals surface area contributed by atoms with Gasteiger partial charge in [0.15, 0.2) is 0 Å². The second-order valence-electron chi connectivity index (χ2n) is 7.39. The molecule has 0 saturated heterocycles. The minimum atomic E-state index is -5.38. The van der Waals surface area contributed by atoms with Gasteiger partial charge in [-0.25, -0.2) is 9.36 Å². The average Bonchev–Trinajstić information content (AvgIpc) is 3.07. The quantitative estimate of drug-likeness (QED) is 0.543. The van der Waals surface area contributed by atoms with Crippen LogP contribution in [0.2, 0.25) is 0 Å². The number of rotatable bonds is 5. The summed E-state index contributed by atoms with van der Waals surface area (Å²) in [4.78, 5) is 52.1. The van der Waals surface area contributed by atoms with Crippen LogP contribution in [0.3, 0.4) is 0 Å². The third-order valence-electron chi connectivity index (χ3n) is 5.31. The fourth-order valence-electron chi connectivity index (χ4n) is 3.78. The number of para-hydroxylation sites is 1. The Morgan fingerprint density at radius 3 is 2.18 bits per heavy atom. The van der Waals surface area contributed by atoms with Gasteiger partial charge < -0.3 is 10.6 Å². The number of carbonyl (C=O) groups excluding carboxylic acids is 2. The Morgan fingerprint density at radius 2 is 1.58 bits per heavy atom. The molecule has 0 saturated carbocycles. The molecule has 33 heavy (non-hydrogen) atoms. The van der Waals surface area contributed by atoms with E-state index in [4.69, 9.17) is 0 Å². The number of fused-ring (bicyclic) bond motifs is 1. The Hall–Kier alpha value is -4.15. The molecule has 1 aliphatic heterocycles. The van der Waals surface area contributed by atoms with Crippen molar-refractivity contribution in [2.45, 2.75) is 24.6 Å². The van der Waals surface area contributed by atoms with Gasteiger partial charge in [0.05, 0.1) is 5.69 Å². The molecule has 2 heterocycles. The van der Waals surface area contributed by atoms with Crippen molar-refractivity contribution in [2.75, 3.05) is 5.32 Å². The third-order valence-corrected chi connectivity index (χ3v) is 5.31. The van der Waals surface area contributed by atoms with Crippen molar-refractivity contribution in [1.82, 2.24) is 14.9 Å². The highest BCUT2D eigenvalue weighted by Crippen LogP contribution is 2.45. The molecule has 0 bridgehead atoms. The van der Waals surface area contributed by atoms with Gasteiger partial charge in [0.1, 0.15) is 11.4 Å². The first-order valence-corrected chi connectivity index (χ1v) is 9.83. The first-order valence-electron chi connectivity index (χ1n) is 9.83. The van der Waals surface area contributed by atoms with E-state index < -0.39 is 46.2 Å². The van der Waals surface area contributed by atoms with E-state index in [0.29, 0.717) is 5.56 Å². The Balaban J connectivity index is 1.81. The van der Waals surface area contributed by atoms with Crippen LogP contribution in [0.5, 0.6) is 0 Å². The topological polar surface area (TPSA) is 113 Å². The summed E-state index contributed by atoms with van der Waals surface area (Å²) >= 11 is 0. The monoisotopic (exact) mass is 458 g/mol. The highest BCUT2D eigenvalue weighted by atomic mass is 19.4. The number of nitrogens with one attached hydrogen (secondary N) is 3. The maximum absolute atomic E-state index is 14.4. The molecule has 1 aromatic heterocycles. The molecule has 3 aromatic rings. The van der Waals surface area contributed by atoms with Gasteiger partial charge in [-0.1, -0.05) is 48.5 Å². The van der Waals surface area contributed by atoms with Crippen LogP contribution >= 0.6 is 0 Å². The molecular formula is C22H17F3N4O4. The Bertz CT molecular complexity index is 1330. The number of amides is 2. The smallest absolute Gasteiger partial charge is 0.330 e. The lowest BCUT2D eigenvalue weighted by Gasteiger charge is -2.30. The summed E-state index contributed by atoms with van der Waals surface area (Å²) in [5.74, 6) is -3.42. The Morgan fingerprint density at radius 1 is 0.970 bits per heavy atom. The van der Waals surface area contributed by atoms with Crippen LogP contribution in [0.1, 0.15) is 17.5 Å². The van der Waals surface area contributed by atoms with Crippen molar-refractivity contribution >= 4 is 17.6 Å². The molecule has 0 fully saturated rings. The van der Waals surface area contributed by atoms with E-state index in [2.05, 4.69) is 0 Å². The van der Waals surface area contributed by atoms with E-state index in [1.54, 1.807) is 41.7 Å². The lowest BCUT2D eigenvalue weighted by atomic mass is 9.91. The molecule has 1 atom stereocenters. The van der Waals surface area contributed by atoms with Crippen molar-refractivity contribution in [2.24, 2.45) is 0 Å². The number of H-pyrrole nitrogens is 1. The number of nitrogens with zero attached hydrogens (tertiary/aromatic N) is 1. The lowest BCUT2D eigenvalue weighted by molar-refractivity contribution is -0.200. The number of halogens is 3. The second kappa shape index (κ2) is 8.08. The van der Waals surface area contributed by atoms with Gasteiger partial charge in [-0.15, -0.1) is 0 Å². The highest BCUT2D eigenvalue weighted by Gasteiger charge is 2.68. The molecule has 8 nitrogen and oxygen atoms in total. The van der Waals surface area contributed by atoms with Crippen molar-refractivity contribution in [3.05, 3.63) is 92.6 Å². The fourth-order valence-corrected chi connectivity index (χ4v) is 3.78. The zero-order valence-corrected chi connectivity index (χ0v) is 16.9. The van der Waals surface area contributed by atoms with Crippen LogP contribution in [-0.4, -0.2) is 27.5 Å². The lowest BCUT2D eigenvalue weighted by Crippen LogP contribution is -2.62. The number of hydrogen-bond acceptors (Lipinski definition) is 4. The molecular weight excluding hydrogens is 441 g/mol. The van der Waals surface area contributed by atoms with Crippen molar-refractivity contribution in [3.63, 3.8) is 0 Å². The number of aryl methyl sites for hydroxylation is 1. The van der Waals surface area contributed by atoms with Crippen LogP contribution in [-0.2, 0) is 21.5 Å². The van der Waals surface area contributed by atoms with Gasteiger partial charge in [-0.05, 0) is 24.1 Å². The molecule has 0 spiro atoms. The third kappa shape index (κ3) is 3.71. The minimum absolute atomic E-state index is 0.115. The number of benzene rings is 2. The van der Waals surface area contributed by atoms with E-state index in [0.717, 1.165) is 4.57 Å². The maximum atomic E-state index is 14.4. The normalized spacial score (nSPS) is 17.4. The first-order chi connectivity index (χ1) is 15.6. The molecule has 0 radical (unpaired) electrons. The van der Waals surface area contributed by atoms with E-state index in [1.165, 1.54) is 24.3 Å². The Kier molecular flexibility index (Phi) is 5.40. The number of aromatic nitrogens is 2. The molecule has 4 rings (SSSR count). The number of alkyl halides is 3. The SMILES string of the molecule is O=C(CCc1ccccc1)N[C@]1(C(F)(F)F)C(=O)Nc2c1c(=O)[nH]c(=O)n2-c1ccccc1. The van der Waals surface area contributed by atoms with Crippen molar-refractivity contribution in [1.29, 1.82) is 0 Å². The molecule has 3 N–H and O–H groups in total. The summed E-state index contributed by atoms with van der Waals surface area (Å²) in [7, 11) is 0. The number of anilines is 1. The number of hydrogen-bond donors (Lipinski definition) is 3. The summed E-state index contributed by atoms with van der Waals surface area (Å²) in [6, 6.07) is 16.1. The largest absolute Gasteiger partial charge is 0.425 e. The van der Waals surface area contributed by atoms with Gasteiger partial charge in [0.25, 0.3) is 11.5 Å².